The normalized spacial score (nSPS) is 17.9. The zero-order valence-electron chi connectivity index (χ0n) is 13.1. The standard InChI is InChI=1S/C18H26FNO/c1-3-20(15-9-5-4-6-10-15)13-14(2)18(21)16-11-7-8-12-17(16)19/h7-8,11-12,14-15H,3-6,9-10,13H2,1-2H3. The van der Waals surface area contributed by atoms with Crippen LogP contribution in [0.4, 0.5) is 4.39 Å². The molecule has 2 nitrogen and oxygen atoms in total. The van der Waals surface area contributed by atoms with Gasteiger partial charge in [-0.3, -0.25) is 9.69 Å². The van der Waals surface area contributed by atoms with Crippen molar-refractivity contribution in [2.75, 3.05) is 13.1 Å². The van der Waals surface area contributed by atoms with Crippen LogP contribution in [0.15, 0.2) is 24.3 Å². The number of ketones is 1. The van der Waals surface area contributed by atoms with Crippen molar-refractivity contribution in [1.82, 2.24) is 4.90 Å². The van der Waals surface area contributed by atoms with E-state index in [0.29, 0.717) is 6.04 Å². The fourth-order valence-corrected chi connectivity index (χ4v) is 3.34. The summed E-state index contributed by atoms with van der Waals surface area (Å²) >= 11 is 0. The molecule has 1 atom stereocenters. The maximum atomic E-state index is 13.7. The molecule has 116 valence electrons. The van der Waals surface area contributed by atoms with E-state index in [4.69, 9.17) is 0 Å². The van der Waals surface area contributed by atoms with E-state index in [1.54, 1.807) is 18.2 Å². The number of nitrogens with zero attached hydrogens (tertiary/aromatic N) is 1. The van der Waals surface area contributed by atoms with Crippen LogP contribution in [0.3, 0.4) is 0 Å². The number of hydrogen-bond acceptors (Lipinski definition) is 2. The quantitative estimate of drug-likeness (QED) is 0.728. The Bertz CT molecular complexity index is 468. The lowest BCUT2D eigenvalue weighted by Crippen LogP contribution is -2.41. The van der Waals surface area contributed by atoms with Gasteiger partial charge in [-0.25, -0.2) is 4.39 Å². The van der Waals surface area contributed by atoms with Gasteiger partial charge in [0.05, 0.1) is 5.56 Å². The van der Waals surface area contributed by atoms with Crippen LogP contribution in [-0.4, -0.2) is 29.8 Å². The second kappa shape index (κ2) is 7.69. The molecule has 1 fully saturated rings. The van der Waals surface area contributed by atoms with E-state index >= 15 is 0 Å². The van der Waals surface area contributed by atoms with Crippen molar-refractivity contribution in [2.45, 2.75) is 52.0 Å². The summed E-state index contributed by atoms with van der Waals surface area (Å²) < 4.78 is 13.7. The highest BCUT2D eigenvalue weighted by Crippen LogP contribution is 2.24. The van der Waals surface area contributed by atoms with Gasteiger partial charge in [-0.15, -0.1) is 0 Å². The Kier molecular flexibility index (Phi) is 5.92. The van der Waals surface area contributed by atoms with Crippen LogP contribution in [0.25, 0.3) is 0 Å². The summed E-state index contributed by atoms with van der Waals surface area (Å²) in [6.45, 7) is 5.75. The predicted octanol–water partition coefficient (Wildman–Crippen LogP) is 4.30. The van der Waals surface area contributed by atoms with Crippen LogP contribution in [-0.2, 0) is 0 Å². The molecule has 0 amide bonds. The molecule has 3 heteroatoms. The number of carbonyl (C=O) groups is 1. The van der Waals surface area contributed by atoms with Crippen molar-refractivity contribution in [3.05, 3.63) is 35.6 Å². The number of carbonyl (C=O) groups excluding carboxylic acids is 1. The number of Topliss-reactive ketones (excluding diaryl/α,β-unsaturated/α-hetero) is 1. The Morgan fingerprint density at radius 1 is 1.29 bits per heavy atom. The summed E-state index contributed by atoms with van der Waals surface area (Å²) in [4.78, 5) is 14.8. The molecular formula is C18H26FNO. The SMILES string of the molecule is CCN(CC(C)C(=O)c1ccccc1F)C1CCCCC1. The number of benzene rings is 1. The van der Waals surface area contributed by atoms with Crippen molar-refractivity contribution in [2.24, 2.45) is 5.92 Å². The monoisotopic (exact) mass is 291 g/mol. The van der Waals surface area contributed by atoms with Gasteiger partial charge in [0, 0.05) is 18.5 Å². The van der Waals surface area contributed by atoms with Crippen molar-refractivity contribution in [3.63, 3.8) is 0 Å². The fourth-order valence-electron chi connectivity index (χ4n) is 3.34. The molecule has 1 aromatic carbocycles. The van der Waals surface area contributed by atoms with E-state index in [9.17, 15) is 9.18 Å². The first-order valence-electron chi connectivity index (χ1n) is 8.16. The molecule has 0 radical (unpaired) electrons. The Morgan fingerprint density at radius 2 is 1.95 bits per heavy atom. The molecule has 1 aliphatic rings. The summed E-state index contributed by atoms with van der Waals surface area (Å²) in [6.07, 6.45) is 6.37. The smallest absolute Gasteiger partial charge is 0.169 e. The van der Waals surface area contributed by atoms with Crippen molar-refractivity contribution < 1.29 is 9.18 Å². The third-order valence-electron chi connectivity index (χ3n) is 4.59. The summed E-state index contributed by atoms with van der Waals surface area (Å²) in [7, 11) is 0. The Balaban J connectivity index is 2.00. The molecule has 0 saturated heterocycles. The largest absolute Gasteiger partial charge is 0.300 e. The molecule has 0 aliphatic heterocycles. The molecule has 1 aliphatic carbocycles. The lowest BCUT2D eigenvalue weighted by Gasteiger charge is -2.35. The topological polar surface area (TPSA) is 20.3 Å². The lowest BCUT2D eigenvalue weighted by molar-refractivity contribution is 0.0844. The summed E-state index contributed by atoms with van der Waals surface area (Å²) in [5, 5.41) is 0. The minimum absolute atomic E-state index is 0.0811. The molecule has 0 bridgehead atoms. The number of hydrogen-bond donors (Lipinski definition) is 0. The first kappa shape index (κ1) is 16.2. The van der Waals surface area contributed by atoms with E-state index in [0.717, 1.165) is 13.1 Å². The van der Waals surface area contributed by atoms with Gasteiger partial charge in [0.2, 0.25) is 0 Å². The van der Waals surface area contributed by atoms with E-state index in [1.807, 2.05) is 6.92 Å². The summed E-state index contributed by atoms with van der Waals surface area (Å²) in [5.41, 5.74) is 0.227. The van der Waals surface area contributed by atoms with Crippen LogP contribution in [0.1, 0.15) is 56.3 Å². The Morgan fingerprint density at radius 3 is 2.57 bits per heavy atom. The zero-order valence-corrected chi connectivity index (χ0v) is 13.1. The fraction of sp³-hybridized carbons (Fsp3) is 0.611. The van der Waals surface area contributed by atoms with E-state index < -0.39 is 5.82 Å². The third kappa shape index (κ3) is 4.13. The van der Waals surface area contributed by atoms with Crippen LogP contribution in [0.2, 0.25) is 0 Å². The van der Waals surface area contributed by atoms with Crippen LogP contribution in [0, 0.1) is 11.7 Å². The van der Waals surface area contributed by atoms with Gasteiger partial charge in [0.15, 0.2) is 5.78 Å². The van der Waals surface area contributed by atoms with E-state index in [-0.39, 0.29) is 17.3 Å². The van der Waals surface area contributed by atoms with Gasteiger partial charge in [0.1, 0.15) is 5.82 Å². The second-order valence-electron chi connectivity index (χ2n) is 6.12. The third-order valence-corrected chi connectivity index (χ3v) is 4.59. The van der Waals surface area contributed by atoms with E-state index in [1.165, 1.54) is 38.2 Å². The van der Waals surface area contributed by atoms with Gasteiger partial charge in [-0.2, -0.15) is 0 Å². The van der Waals surface area contributed by atoms with Gasteiger partial charge < -0.3 is 0 Å². The maximum absolute atomic E-state index is 13.7. The van der Waals surface area contributed by atoms with Crippen molar-refractivity contribution in [3.8, 4) is 0 Å². The average Bonchev–Trinajstić information content (AvgIpc) is 2.53. The van der Waals surface area contributed by atoms with Gasteiger partial charge >= 0.3 is 0 Å². The molecule has 2 rings (SSSR count). The first-order valence-corrected chi connectivity index (χ1v) is 8.16. The molecule has 21 heavy (non-hydrogen) atoms. The number of rotatable bonds is 6. The van der Waals surface area contributed by atoms with Gasteiger partial charge in [-0.1, -0.05) is 45.2 Å². The van der Waals surface area contributed by atoms with Gasteiger partial charge in [0.25, 0.3) is 0 Å². The zero-order chi connectivity index (χ0) is 15.2. The molecular weight excluding hydrogens is 265 g/mol. The molecule has 1 saturated carbocycles. The molecule has 0 N–H and O–H groups in total. The minimum Gasteiger partial charge on any atom is -0.300 e. The van der Waals surface area contributed by atoms with Gasteiger partial charge in [-0.05, 0) is 31.5 Å². The van der Waals surface area contributed by atoms with Crippen molar-refractivity contribution in [1.29, 1.82) is 0 Å². The molecule has 0 heterocycles. The van der Waals surface area contributed by atoms with Crippen LogP contribution >= 0.6 is 0 Å². The Hall–Kier alpha value is -1.22. The molecule has 1 aromatic rings. The predicted molar refractivity (Wildman–Crippen MR) is 84.0 cm³/mol. The minimum atomic E-state index is -0.407. The molecule has 1 unspecified atom stereocenters. The van der Waals surface area contributed by atoms with E-state index in [2.05, 4.69) is 11.8 Å². The summed E-state index contributed by atoms with van der Waals surface area (Å²) in [5.74, 6) is -0.652. The Labute approximate surface area is 127 Å². The maximum Gasteiger partial charge on any atom is 0.169 e. The molecule has 0 spiro atoms. The second-order valence-corrected chi connectivity index (χ2v) is 6.12. The van der Waals surface area contributed by atoms with Crippen molar-refractivity contribution >= 4 is 5.78 Å². The lowest BCUT2D eigenvalue weighted by atomic mass is 9.92. The highest BCUT2D eigenvalue weighted by atomic mass is 19.1. The van der Waals surface area contributed by atoms with Crippen LogP contribution < -0.4 is 0 Å². The number of halogens is 1. The highest BCUT2D eigenvalue weighted by molar-refractivity contribution is 5.98. The first-order chi connectivity index (χ1) is 10.1. The highest BCUT2D eigenvalue weighted by Gasteiger charge is 2.25. The summed E-state index contributed by atoms with van der Waals surface area (Å²) in [6, 6.07) is 6.89. The molecule has 0 aromatic heterocycles. The van der Waals surface area contributed by atoms with Crippen LogP contribution in [0.5, 0.6) is 0 Å². The average molecular weight is 291 g/mol.